The number of para-hydroxylation sites is 1. The van der Waals surface area contributed by atoms with Gasteiger partial charge in [-0.2, -0.15) is 0 Å². The maximum atomic E-state index is 14.0. The lowest BCUT2D eigenvalue weighted by atomic mass is 10.1. The Morgan fingerprint density at radius 2 is 1.58 bits per heavy atom. The van der Waals surface area contributed by atoms with Crippen LogP contribution in [0.25, 0.3) is 0 Å². The van der Waals surface area contributed by atoms with E-state index in [1.807, 2.05) is 36.1 Å². The zero-order chi connectivity index (χ0) is 25.7. The number of hydrogen-bond donors (Lipinski definition) is 0. The first-order valence-corrected chi connectivity index (χ1v) is 13.6. The summed E-state index contributed by atoms with van der Waals surface area (Å²) in [6.45, 7) is 4.13. The highest BCUT2D eigenvalue weighted by Gasteiger charge is 2.23. The van der Waals surface area contributed by atoms with Crippen LogP contribution in [-0.2, 0) is 21.4 Å². The second kappa shape index (κ2) is 11.0. The summed E-state index contributed by atoms with van der Waals surface area (Å²) in [7, 11) is -3.50. The number of ether oxygens (including phenoxy) is 1. The minimum atomic E-state index is -3.50. The van der Waals surface area contributed by atoms with E-state index in [2.05, 4.69) is 0 Å². The van der Waals surface area contributed by atoms with E-state index in [-0.39, 0.29) is 24.9 Å². The zero-order valence-electron chi connectivity index (χ0n) is 20.4. The quantitative estimate of drug-likeness (QED) is 0.460. The van der Waals surface area contributed by atoms with Crippen LogP contribution in [0, 0.1) is 12.7 Å². The molecule has 1 aliphatic heterocycles. The molecule has 0 aliphatic carbocycles. The number of amides is 1. The molecule has 190 valence electrons. The van der Waals surface area contributed by atoms with Crippen LogP contribution in [0.5, 0.6) is 5.75 Å². The molecular weight excluding hydrogens is 481 g/mol. The van der Waals surface area contributed by atoms with E-state index >= 15 is 0 Å². The van der Waals surface area contributed by atoms with Crippen LogP contribution >= 0.6 is 0 Å². The van der Waals surface area contributed by atoms with Crippen molar-refractivity contribution in [3.8, 4) is 5.75 Å². The van der Waals surface area contributed by atoms with Gasteiger partial charge in [0.2, 0.25) is 10.0 Å². The van der Waals surface area contributed by atoms with Gasteiger partial charge in [0.15, 0.2) is 6.61 Å². The second-order valence-electron chi connectivity index (χ2n) is 8.86. The van der Waals surface area contributed by atoms with Crippen molar-refractivity contribution in [2.75, 3.05) is 48.2 Å². The van der Waals surface area contributed by atoms with Crippen LogP contribution in [0.3, 0.4) is 0 Å². The minimum absolute atomic E-state index is 0.127. The monoisotopic (exact) mass is 511 g/mol. The number of halogens is 1. The number of rotatable bonds is 8. The SMILES string of the molecule is Cc1ccc(CN(c2ccc(OCC(=O)N3CCN(c4ccccc4F)CC3)cc2)S(C)(=O)=O)cc1. The first kappa shape index (κ1) is 25.5. The lowest BCUT2D eigenvalue weighted by Gasteiger charge is -2.36. The fourth-order valence-corrected chi connectivity index (χ4v) is 5.00. The molecule has 3 aromatic rings. The van der Waals surface area contributed by atoms with Crippen molar-refractivity contribution in [1.82, 2.24) is 4.90 Å². The van der Waals surface area contributed by atoms with Crippen LogP contribution in [0.1, 0.15) is 11.1 Å². The summed E-state index contributed by atoms with van der Waals surface area (Å²) < 4.78 is 45.9. The zero-order valence-corrected chi connectivity index (χ0v) is 21.2. The van der Waals surface area contributed by atoms with Crippen LogP contribution in [-0.4, -0.2) is 58.3 Å². The third-order valence-corrected chi connectivity index (χ3v) is 7.30. The Kier molecular flexibility index (Phi) is 7.79. The average Bonchev–Trinajstić information content (AvgIpc) is 2.87. The summed E-state index contributed by atoms with van der Waals surface area (Å²) in [4.78, 5) is 16.3. The molecule has 0 spiro atoms. The van der Waals surface area contributed by atoms with Gasteiger partial charge in [0.05, 0.1) is 24.2 Å². The predicted octanol–water partition coefficient (Wildman–Crippen LogP) is 3.83. The molecule has 0 bridgehead atoms. The summed E-state index contributed by atoms with van der Waals surface area (Å²) in [5.74, 6) is 0.0580. The molecule has 3 aromatic carbocycles. The topological polar surface area (TPSA) is 70.2 Å². The lowest BCUT2D eigenvalue weighted by Crippen LogP contribution is -2.50. The number of hydrogen-bond acceptors (Lipinski definition) is 5. The summed E-state index contributed by atoms with van der Waals surface area (Å²) in [5.41, 5.74) is 3.05. The Hall–Kier alpha value is -3.59. The maximum Gasteiger partial charge on any atom is 0.260 e. The minimum Gasteiger partial charge on any atom is -0.484 e. The fourth-order valence-electron chi connectivity index (χ4n) is 4.11. The Balaban J connectivity index is 1.32. The first-order valence-electron chi connectivity index (χ1n) is 11.7. The third-order valence-electron chi connectivity index (χ3n) is 6.16. The highest BCUT2D eigenvalue weighted by molar-refractivity contribution is 7.92. The number of anilines is 2. The van der Waals surface area contributed by atoms with E-state index in [1.54, 1.807) is 47.4 Å². The van der Waals surface area contributed by atoms with Crippen molar-refractivity contribution in [2.45, 2.75) is 13.5 Å². The number of piperazine rings is 1. The van der Waals surface area contributed by atoms with Crippen LogP contribution < -0.4 is 13.9 Å². The van der Waals surface area contributed by atoms with Gasteiger partial charge in [0.1, 0.15) is 11.6 Å². The molecule has 1 amide bonds. The van der Waals surface area contributed by atoms with Gasteiger partial charge < -0.3 is 14.5 Å². The molecule has 0 unspecified atom stereocenters. The molecule has 36 heavy (non-hydrogen) atoms. The molecule has 4 rings (SSSR count). The van der Waals surface area contributed by atoms with Gasteiger partial charge in [-0.1, -0.05) is 42.0 Å². The van der Waals surface area contributed by atoms with Crippen LogP contribution in [0.2, 0.25) is 0 Å². The van der Waals surface area contributed by atoms with Gasteiger partial charge in [-0.15, -0.1) is 0 Å². The van der Waals surface area contributed by atoms with Gasteiger partial charge in [0, 0.05) is 26.2 Å². The second-order valence-corrected chi connectivity index (χ2v) is 10.8. The Morgan fingerprint density at radius 3 is 2.19 bits per heavy atom. The number of aryl methyl sites for hydroxylation is 1. The molecule has 1 heterocycles. The molecule has 1 aliphatic rings. The molecular formula is C27H30FN3O4S. The number of sulfonamides is 1. The van der Waals surface area contributed by atoms with Crippen molar-refractivity contribution in [1.29, 1.82) is 0 Å². The summed E-state index contributed by atoms with van der Waals surface area (Å²) >= 11 is 0. The van der Waals surface area contributed by atoms with E-state index in [0.29, 0.717) is 43.3 Å². The van der Waals surface area contributed by atoms with Gasteiger partial charge in [-0.05, 0) is 48.9 Å². The van der Waals surface area contributed by atoms with Crippen molar-refractivity contribution >= 4 is 27.3 Å². The molecule has 0 aromatic heterocycles. The van der Waals surface area contributed by atoms with Gasteiger partial charge in [-0.25, -0.2) is 12.8 Å². The molecule has 7 nitrogen and oxygen atoms in total. The van der Waals surface area contributed by atoms with Crippen LogP contribution in [0.4, 0.5) is 15.8 Å². The predicted molar refractivity (Wildman–Crippen MR) is 139 cm³/mol. The first-order chi connectivity index (χ1) is 17.2. The van der Waals surface area contributed by atoms with Crippen molar-refractivity contribution < 1.29 is 22.3 Å². The molecule has 0 saturated carbocycles. The third kappa shape index (κ3) is 6.34. The Morgan fingerprint density at radius 1 is 0.944 bits per heavy atom. The van der Waals surface area contributed by atoms with Crippen LogP contribution in [0.15, 0.2) is 72.8 Å². The standard InChI is InChI=1S/C27H30FN3O4S/c1-21-7-9-22(10-8-21)19-31(36(2,33)34)23-11-13-24(14-12-23)35-20-27(32)30-17-15-29(16-18-30)26-6-4-3-5-25(26)28/h3-14H,15-20H2,1-2H3. The average molecular weight is 512 g/mol. The lowest BCUT2D eigenvalue weighted by molar-refractivity contribution is -0.133. The normalized spacial score (nSPS) is 14.0. The Bertz CT molecular complexity index is 1290. The molecule has 0 radical (unpaired) electrons. The number of carbonyl (C=O) groups excluding carboxylic acids is 1. The van der Waals surface area contributed by atoms with Gasteiger partial charge in [-0.3, -0.25) is 9.10 Å². The Labute approximate surface area is 211 Å². The number of carbonyl (C=O) groups is 1. The van der Waals surface area contributed by atoms with E-state index in [9.17, 15) is 17.6 Å². The summed E-state index contributed by atoms with van der Waals surface area (Å²) in [6, 6.07) is 21.0. The highest BCUT2D eigenvalue weighted by Crippen LogP contribution is 2.24. The van der Waals surface area contributed by atoms with E-state index in [4.69, 9.17) is 4.74 Å². The van der Waals surface area contributed by atoms with Crippen molar-refractivity contribution in [3.63, 3.8) is 0 Å². The molecule has 9 heteroatoms. The number of benzene rings is 3. The van der Waals surface area contributed by atoms with Crippen molar-refractivity contribution in [3.05, 3.63) is 89.7 Å². The molecule has 0 N–H and O–H groups in total. The number of nitrogens with zero attached hydrogens (tertiary/aromatic N) is 3. The van der Waals surface area contributed by atoms with E-state index in [1.165, 1.54) is 16.6 Å². The molecule has 1 fully saturated rings. The van der Waals surface area contributed by atoms with Gasteiger partial charge >= 0.3 is 0 Å². The smallest absolute Gasteiger partial charge is 0.260 e. The molecule has 1 saturated heterocycles. The maximum absolute atomic E-state index is 14.0. The van der Waals surface area contributed by atoms with E-state index < -0.39 is 10.0 Å². The van der Waals surface area contributed by atoms with Crippen molar-refractivity contribution in [2.24, 2.45) is 0 Å². The highest BCUT2D eigenvalue weighted by atomic mass is 32.2. The largest absolute Gasteiger partial charge is 0.484 e. The van der Waals surface area contributed by atoms with E-state index in [0.717, 1.165) is 11.1 Å². The summed E-state index contributed by atoms with van der Waals surface area (Å²) in [5, 5.41) is 0. The fraction of sp³-hybridized carbons (Fsp3) is 0.296. The molecule has 0 atom stereocenters. The van der Waals surface area contributed by atoms with Gasteiger partial charge in [0.25, 0.3) is 5.91 Å². The summed E-state index contributed by atoms with van der Waals surface area (Å²) in [6.07, 6.45) is 1.18.